The van der Waals surface area contributed by atoms with E-state index in [2.05, 4.69) is 19.9 Å². The van der Waals surface area contributed by atoms with Crippen LogP contribution in [-0.2, 0) is 9.47 Å². The first-order valence-electron chi connectivity index (χ1n) is 7.25. The van der Waals surface area contributed by atoms with Crippen LogP contribution in [0.25, 0.3) is 0 Å². The quantitative estimate of drug-likeness (QED) is 0.658. The molecule has 21 heavy (non-hydrogen) atoms. The molecule has 0 atom stereocenters. The molecule has 1 aliphatic rings. The maximum Gasteiger partial charge on any atom is 0.323 e. The van der Waals surface area contributed by atoms with E-state index in [1.54, 1.807) is 7.11 Å². The third-order valence-corrected chi connectivity index (χ3v) is 3.11. The van der Waals surface area contributed by atoms with Crippen molar-refractivity contribution in [1.82, 2.24) is 15.0 Å². The van der Waals surface area contributed by atoms with Gasteiger partial charge in [0.25, 0.3) is 0 Å². The average molecular weight is 297 g/mol. The van der Waals surface area contributed by atoms with Crippen molar-refractivity contribution < 1.29 is 14.2 Å². The van der Waals surface area contributed by atoms with Crippen molar-refractivity contribution in [2.24, 2.45) is 0 Å². The molecule has 0 amide bonds. The lowest BCUT2D eigenvalue weighted by Crippen LogP contribution is -2.22. The summed E-state index contributed by atoms with van der Waals surface area (Å²) >= 11 is 0. The van der Waals surface area contributed by atoms with E-state index in [9.17, 15) is 0 Å². The maximum absolute atomic E-state index is 5.70. The SMILES string of the molecule is COCCOCCCOc1nc(N)nc(N2CCCC2)n1. The van der Waals surface area contributed by atoms with Crippen molar-refractivity contribution in [3.63, 3.8) is 0 Å². The molecule has 1 aromatic rings. The Labute approximate surface area is 124 Å². The molecule has 2 heterocycles. The number of hydrogen-bond donors (Lipinski definition) is 1. The summed E-state index contributed by atoms with van der Waals surface area (Å²) in [5, 5.41) is 0. The highest BCUT2D eigenvalue weighted by Crippen LogP contribution is 2.18. The highest BCUT2D eigenvalue weighted by Gasteiger charge is 2.17. The highest BCUT2D eigenvalue weighted by atomic mass is 16.5. The summed E-state index contributed by atoms with van der Waals surface area (Å²) in [6.45, 7) is 4.20. The van der Waals surface area contributed by atoms with E-state index in [1.165, 1.54) is 0 Å². The van der Waals surface area contributed by atoms with Gasteiger partial charge in [0, 0.05) is 33.2 Å². The summed E-state index contributed by atoms with van der Waals surface area (Å²) in [5.74, 6) is 0.796. The Kier molecular flexibility index (Phi) is 6.42. The van der Waals surface area contributed by atoms with Crippen LogP contribution < -0.4 is 15.4 Å². The van der Waals surface area contributed by atoms with Crippen LogP contribution >= 0.6 is 0 Å². The van der Waals surface area contributed by atoms with Crippen LogP contribution in [0, 0.1) is 0 Å². The summed E-state index contributed by atoms with van der Waals surface area (Å²) in [7, 11) is 1.65. The first kappa shape index (κ1) is 15.7. The zero-order valence-corrected chi connectivity index (χ0v) is 12.5. The van der Waals surface area contributed by atoms with Gasteiger partial charge in [-0.3, -0.25) is 0 Å². The molecule has 2 N–H and O–H groups in total. The van der Waals surface area contributed by atoms with Crippen LogP contribution in [0.15, 0.2) is 0 Å². The Bertz CT molecular complexity index is 426. The molecule has 0 saturated carbocycles. The number of aromatic nitrogens is 3. The van der Waals surface area contributed by atoms with Gasteiger partial charge >= 0.3 is 6.01 Å². The molecule has 0 unspecified atom stereocenters. The molecule has 1 fully saturated rings. The number of ether oxygens (including phenoxy) is 3. The van der Waals surface area contributed by atoms with Gasteiger partial charge in [-0.15, -0.1) is 0 Å². The van der Waals surface area contributed by atoms with Crippen LogP contribution in [0.4, 0.5) is 11.9 Å². The Morgan fingerprint density at radius 2 is 1.86 bits per heavy atom. The number of nitrogen functional groups attached to an aromatic ring is 1. The van der Waals surface area contributed by atoms with E-state index in [0.717, 1.165) is 32.4 Å². The van der Waals surface area contributed by atoms with E-state index in [1.807, 2.05) is 0 Å². The van der Waals surface area contributed by atoms with Gasteiger partial charge in [0.1, 0.15) is 0 Å². The summed E-state index contributed by atoms with van der Waals surface area (Å²) in [6.07, 6.45) is 3.07. The number of anilines is 2. The predicted molar refractivity (Wildman–Crippen MR) is 78.5 cm³/mol. The number of nitrogens with two attached hydrogens (primary N) is 1. The van der Waals surface area contributed by atoms with Crippen molar-refractivity contribution in [3.8, 4) is 6.01 Å². The molecule has 8 heteroatoms. The molecule has 0 aromatic carbocycles. The Balaban J connectivity index is 1.75. The first-order chi connectivity index (χ1) is 10.3. The number of rotatable bonds is 9. The molecule has 1 aliphatic heterocycles. The van der Waals surface area contributed by atoms with Crippen molar-refractivity contribution in [2.75, 3.05) is 57.3 Å². The zero-order valence-electron chi connectivity index (χ0n) is 12.5. The Morgan fingerprint density at radius 1 is 1.05 bits per heavy atom. The van der Waals surface area contributed by atoms with Gasteiger partial charge < -0.3 is 24.8 Å². The van der Waals surface area contributed by atoms with Gasteiger partial charge in [0.2, 0.25) is 11.9 Å². The normalized spacial score (nSPS) is 14.6. The number of hydrogen-bond acceptors (Lipinski definition) is 8. The fraction of sp³-hybridized carbons (Fsp3) is 0.769. The Morgan fingerprint density at radius 3 is 2.62 bits per heavy atom. The lowest BCUT2D eigenvalue weighted by molar-refractivity contribution is 0.0639. The van der Waals surface area contributed by atoms with Crippen LogP contribution in [0.5, 0.6) is 6.01 Å². The molecule has 118 valence electrons. The summed E-state index contributed by atoms with van der Waals surface area (Å²) < 4.78 is 15.8. The first-order valence-corrected chi connectivity index (χ1v) is 7.25. The van der Waals surface area contributed by atoms with E-state index >= 15 is 0 Å². The number of methoxy groups -OCH3 is 1. The fourth-order valence-corrected chi connectivity index (χ4v) is 2.05. The van der Waals surface area contributed by atoms with E-state index in [-0.39, 0.29) is 12.0 Å². The van der Waals surface area contributed by atoms with Crippen molar-refractivity contribution in [1.29, 1.82) is 0 Å². The molecule has 0 aliphatic carbocycles. The highest BCUT2D eigenvalue weighted by molar-refractivity contribution is 5.36. The minimum Gasteiger partial charge on any atom is -0.463 e. The van der Waals surface area contributed by atoms with E-state index in [0.29, 0.717) is 32.4 Å². The molecule has 1 saturated heterocycles. The van der Waals surface area contributed by atoms with Gasteiger partial charge in [0.15, 0.2) is 0 Å². The van der Waals surface area contributed by atoms with E-state index < -0.39 is 0 Å². The predicted octanol–water partition coefficient (Wildman–Crippen LogP) is 0.486. The van der Waals surface area contributed by atoms with Crippen molar-refractivity contribution >= 4 is 11.9 Å². The summed E-state index contributed by atoms with van der Waals surface area (Å²) in [4.78, 5) is 14.6. The lowest BCUT2D eigenvalue weighted by atomic mass is 10.4. The molecule has 0 spiro atoms. The number of nitrogens with zero attached hydrogens (tertiary/aromatic N) is 4. The lowest BCUT2D eigenvalue weighted by Gasteiger charge is -2.15. The summed E-state index contributed by atoms with van der Waals surface area (Å²) in [6, 6.07) is 0.279. The molecule has 0 bridgehead atoms. The second-order valence-electron chi connectivity index (χ2n) is 4.78. The largest absolute Gasteiger partial charge is 0.463 e. The van der Waals surface area contributed by atoms with Crippen LogP contribution in [0.1, 0.15) is 19.3 Å². The molecule has 1 aromatic heterocycles. The topological polar surface area (TPSA) is 95.6 Å². The van der Waals surface area contributed by atoms with Crippen LogP contribution in [0.2, 0.25) is 0 Å². The van der Waals surface area contributed by atoms with Crippen molar-refractivity contribution in [3.05, 3.63) is 0 Å². The minimum atomic E-state index is 0.193. The van der Waals surface area contributed by atoms with Crippen molar-refractivity contribution in [2.45, 2.75) is 19.3 Å². The van der Waals surface area contributed by atoms with Gasteiger partial charge in [0.05, 0.1) is 19.8 Å². The Hall–Kier alpha value is -1.67. The van der Waals surface area contributed by atoms with Crippen LogP contribution in [0.3, 0.4) is 0 Å². The zero-order chi connectivity index (χ0) is 14.9. The molecular weight excluding hydrogens is 274 g/mol. The maximum atomic E-state index is 5.70. The summed E-state index contributed by atoms with van der Waals surface area (Å²) in [5.41, 5.74) is 5.70. The van der Waals surface area contributed by atoms with Gasteiger partial charge in [-0.1, -0.05) is 0 Å². The minimum absolute atomic E-state index is 0.193. The fourth-order valence-electron chi connectivity index (χ4n) is 2.05. The third-order valence-electron chi connectivity index (χ3n) is 3.11. The van der Waals surface area contributed by atoms with Gasteiger partial charge in [-0.25, -0.2) is 0 Å². The second-order valence-corrected chi connectivity index (χ2v) is 4.78. The van der Waals surface area contributed by atoms with Gasteiger partial charge in [-0.2, -0.15) is 15.0 Å². The van der Waals surface area contributed by atoms with Gasteiger partial charge in [-0.05, 0) is 12.8 Å². The molecule has 0 radical (unpaired) electrons. The standard InChI is InChI=1S/C13H23N5O3/c1-19-9-10-20-7-4-8-21-13-16-11(14)15-12(17-13)18-5-2-3-6-18/h2-10H2,1H3,(H2,14,15,16,17). The van der Waals surface area contributed by atoms with E-state index in [4.69, 9.17) is 19.9 Å². The van der Waals surface area contributed by atoms with Crippen LogP contribution in [-0.4, -0.2) is 61.6 Å². The monoisotopic (exact) mass is 297 g/mol. The molecule has 2 rings (SSSR count). The third kappa shape index (κ3) is 5.31. The molecule has 8 nitrogen and oxygen atoms in total. The average Bonchev–Trinajstić information content (AvgIpc) is 3.00. The molecular formula is C13H23N5O3. The second kappa shape index (κ2) is 8.58. The smallest absolute Gasteiger partial charge is 0.323 e.